The molecule has 0 aromatic heterocycles. The Morgan fingerprint density at radius 3 is 1.96 bits per heavy atom. The molecule has 0 saturated heterocycles. The molecule has 2 rings (SSSR count). The zero-order valence-electron chi connectivity index (χ0n) is 12.7. The third-order valence-corrected chi connectivity index (χ3v) is 3.27. The molecular weight excluding hydrogens is 288 g/mol. The SMILES string of the molecule is C.CCCCN(NC(=O)c1ccccc1)C(=O)c1ccccc1. The standard InChI is InChI=1S/C18H20N2O2.CH4/c1-2-3-14-20(18(22)16-12-8-5-9-13-16)19-17(21)15-10-6-4-7-11-15;/h4-13H,2-3,14H2,1H3,(H,19,21);1H4. The van der Waals surface area contributed by atoms with E-state index in [9.17, 15) is 9.59 Å². The van der Waals surface area contributed by atoms with Crippen molar-refractivity contribution in [2.75, 3.05) is 6.54 Å². The number of rotatable bonds is 5. The molecule has 0 aliphatic carbocycles. The van der Waals surface area contributed by atoms with E-state index in [0.29, 0.717) is 17.7 Å². The lowest BCUT2D eigenvalue weighted by atomic mass is 10.2. The maximum absolute atomic E-state index is 12.5. The lowest BCUT2D eigenvalue weighted by Gasteiger charge is -2.23. The maximum Gasteiger partial charge on any atom is 0.272 e. The minimum Gasteiger partial charge on any atom is -0.267 e. The fourth-order valence-corrected chi connectivity index (χ4v) is 2.04. The van der Waals surface area contributed by atoms with Gasteiger partial charge in [0.1, 0.15) is 0 Å². The number of nitrogens with zero attached hydrogens (tertiary/aromatic N) is 1. The van der Waals surface area contributed by atoms with Crippen molar-refractivity contribution in [3.05, 3.63) is 71.8 Å². The van der Waals surface area contributed by atoms with Crippen molar-refractivity contribution in [1.82, 2.24) is 10.4 Å². The smallest absolute Gasteiger partial charge is 0.267 e. The van der Waals surface area contributed by atoms with Crippen LogP contribution in [0.25, 0.3) is 0 Å². The summed E-state index contributed by atoms with van der Waals surface area (Å²) in [6.07, 6.45) is 1.77. The zero-order valence-corrected chi connectivity index (χ0v) is 12.7. The number of carbonyl (C=O) groups excluding carboxylic acids is 2. The van der Waals surface area contributed by atoms with Gasteiger partial charge in [0.15, 0.2) is 0 Å². The highest BCUT2D eigenvalue weighted by molar-refractivity contribution is 5.99. The largest absolute Gasteiger partial charge is 0.272 e. The van der Waals surface area contributed by atoms with E-state index >= 15 is 0 Å². The van der Waals surface area contributed by atoms with Crippen molar-refractivity contribution in [3.63, 3.8) is 0 Å². The van der Waals surface area contributed by atoms with Crippen LogP contribution in [0, 0.1) is 0 Å². The van der Waals surface area contributed by atoms with Gasteiger partial charge in [-0.05, 0) is 30.7 Å². The van der Waals surface area contributed by atoms with Gasteiger partial charge >= 0.3 is 0 Å². The van der Waals surface area contributed by atoms with Crippen molar-refractivity contribution in [2.45, 2.75) is 27.2 Å². The third kappa shape index (κ3) is 5.25. The fourth-order valence-electron chi connectivity index (χ4n) is 2.04. The summed E-state index contributed by atoms with van der Waals surface area (Å²) >= 11 is 0. The lowest BCUT2D eigenvalue weighted by Crippen LogP contribution is -2.46. The topological polar surface area (TPSA) is 49.4 Å². The second-order valence-corrected chi connectivity index (χ2v) is 4.98. The van der Waals surface area contributed by atoms with Gasteiger partial charge in [0.2, 0.25) is 0 Å². The number of hydrogen-bond acceptors (Lipinski definition) is 2. The number of amides is 2. The van der Waals surface area contributed by atoms with E-state index in [2.05, 4.69) is 5.43 Å². The van der Waals surface area contributed by atoms with Crippen LogP contribution in [0.3, 0.4) is 0 Å². The molecule has 0 saturated carbocycles. The van der Waals surface area contributed by atoms with Crippen LogP contribution in [0.1, 0.15) is 47.9 Å². The molecule has 2 aromatic rings. The Morgan fingerprint density at radius 1 is 0.913 bits per heavy atom. The van der Waals surface area contributed by atoms with Crippen LogP contribution in [0.15, 0.2) is 60.7 Å². The number of hydrazine groups is 1. The Bertz CT molecular complexity index is 612. The van der Waals surface area contributed by atoms with Crippen LogP contribution in [0.2, 0.25) is 0 Å². The molecule has 0 radical (unpaired) electrons. The second-order valence-electron chi connectivity index (χ2n) is 4.98. The number of unbranched alkanes of at least 4 members (excludes halogenated alkanes) is 1. The van der Waals surface area contributed by atoms with E-state index < -0.39 is 0 Å². The summed E-state index contributed by atoms with van der Waals surface area (Å²) in [5, 5.41) is 1.40. The molecule has 0 heterocycles. The van der Waals surface area contributed by atoms with E-state index in [1.54, 1.807) is 36.4 Å². The molecule has 122 valence electrons. The highest BCUT2D eigenvalue weighted by Gasteiger charge is 2.18. The summed E-state index contributed by atoms with van der Waals surface area (Å²) in [7, 11) is 0. The molecule has 4 nitrogen and oxygen atoms in total. The molecule has 23 heavy (non-hydrogen) atoms. The monoisotopic (exact) mass is 312 g/mol. The fraction of sp³-hybridized carbons (Fsp3) is 0.263. The van der Waals surface area contributed by atoms with Crippen LogP contribution < -0.4 is 5.43 Å². The molecule has 0 aliphatic rings. The molecule has 0 bridgehead atoms. The average Bonchev–Trinajstić information content (AvgIpc) is 2.59. The van der Waals surface area contributed by atoms with Crippen molar-refractivity contribution in [1.29, 1.82) is 0 Å². The van der Waals surface area contributed by atoms with Crippen molar-refractivity contribution < 1.29 is 9.59 Å². The van der Waals surface area contributed by atoms with Gasteiger partial charge in [-0.1, -0.05) is 57.2 Å². The average molecular weight is 312 g/mol. The van der Waals surface area contributed by atoms with E-state index in [1.807, 2.05) is 31.2 Å². The van der Waals surface area contributed by atoms with Gasteiger partial charge in [-0.25, -0.2) is 5.01 Å². The minimum absolute atomic E-state index is 0. The summed E-state index contributed by atoms with van der Waals surface area (Å²) in [5.41, 5.74) is 3.81. The number of hydrogen-bond donors (Lipinski definition) is 1. The molecule has 0 aliphatic heterocycles. The van der Waals surface area contributed by atoms with Crippen molar-refractivity contribution in [3.8, 4) is 0 Å². The first-order valence-electron chi connectivity index (χ1n) is 7.45. The van der Waals surface area contributed by atoms with Gasteiger partial charge in [0.25, 0.3) is 11.8 Å². The molecule has 0 unspecified atom stereocenters. The first kappa shape index (κ1) is 18.4. The molecule has 2 aromatic carbocycles. The minimum atomic E-state index is -0.277. The lowest BCUT2D eigenvalue weighted by molar-refractivity contribution is 0.0580. The van der Waals surface area contributed by atoms with Gasteiger partial charge < -0.3 is 0 Å². The quantitative estimate of drug-likeness (QED) is 0.851. The predicted octanol–water partition coefficient (Wildman–Crippen LogP) is 3.91. The van der Waals surface area contributed by atoms with Gasteiger partial charge in [-0.2, -0.15) is 0 Å². The molecule has 0 atom stereocenters. The van der Waals surface area contributed by atoms with Gasteiger partial charge in [-0.3, -0.25) is 15.0 Å². The van der Waals surface area contributed by atoms with Crippen LogP contribution in [-0.2, 0) is 0 Å². The zero-order chi connectivity index (χ0) is 15.8. The van der Waals surface area contributed by atoms with E-state index in [4.69, 9.17) is 0 Å². The molecule has 0 spiro atoms. The summed E-state index contributed by atoms with van der Waals surface area (Å²) in [5.74, 6) is -0.473. The van der Waals surface area contributed by atoms with Crippen LogP contribution >= 0.6 is 0 Å². The van der Waals surface area contributed by atoms with Crippen molar-refractivity contribution in [2.24, 2.45) is 0 Å². The number of benzene rings is 2. The van der Waals surface area contributed by atoms with Crippen LogP contribution in [-0.4, -0.2) is 23.4 Å². The van der Waals surface area contributed by atoms with E-state index in [-0.39, 0.29) is 19.2 Å². The summed E-state index contributed by atoms with van der Waals surface area (Å²) < 4.78 is 0. The molecular formula is C19H24N2O2. The van der Waals surface area contributed by atoms with Crippen molar-refractivity contribution >= 4 is 11.8 Å². The molecule has 0 fully saturated rings. The van der Waals surface area contributed by atoms with Gasteiger partial charge in [0.05, 0.1) is 0 Å². The highest BCUT2D eigenvalue weighted by Crippen LogP contribution is 2.06. The Hall–Kier alpha value is -2.62. The molecule has 4 heteroatoms. The Kier molecular flexibility index (Phi) is 7.54. The highest BCUT2D eigenvalue weighted by atomic mass is 16.2. The second kappa shape index (κ2) is 9.41. The molecule has 1 N–H and O–H groups in total. The Morgan fingerprint density at radius 2 is 1.43 bits per heavy atom. The number of nitrogens with one attached hydrogen (secondary N) is 1. The van der Waals surface area contributed by atoms with Gasteiger partial charge in [0, 0.05) is 17.7 Å². The summed E-state index contributed by atoms with van der Waals surface area (Å²) in [4.78, 5) is 24.8. The Balaban J connectivity index is 0.00000264. The Labute approximate surface area is 138 Å². The summed E-state index contributed by atoms with van der Waals surface area (Å²) in [6, 6.07) is 17.9. The number of carbonyl (C=O) groups is 2. The van der Waals surface area contributed by atoms with E-state index in [0.717, 1.165) is 12.8 Å². The van der Waals surface area contributed by atoms with Crippen LogP contribution in [0.5, 0.6) is 0 Å². The normalized spacial score (nSPS) is 9.61. The van der Waals surface area contributed by atoms with Crippen LogP contribution in [0.4, 0.5) is 0 Å². The maximum atomic E-state index is 12.5. The molecule has 2 amide bonds. The van der Waals surface area contributed by atoms with E-state index in [1.165, 1.54) is 5.01 Å². The summed E-state index contributed by atoms with van der Waals surface area (Å²) in [6.45, 7) is 2.53. The first-order valence-corrected chi connectivity index (χ1v) is 7.45. The first-order chi connectivity index (χ1) is 10.7. The third-order valence-electron chi connectivity index (χ3n) is 3.27. The van der Waals surface area contributed by atoms with Gasteiger partial charge in [-0.15, -0.1) is 0 Å². The predicted molar refractivity (Wildman–Crippen MR) is 93.0 cm³/mol.